The largest absolute Gasteiger partial charge is 0.447 e. The Morgan fingerprint density at radius 2 is 2.16 bits per heavy atom. The number of esters is 1. The summed E-state index contributed by atoms with van der Waals surface area (Å²) in [5, 5.41) is 6.33. The molecule has 1 aromatic heterocycles. The molecule has 1 fully saturated rings. The van der Waals surface area contributed by atoms with E-state index in [1.165, 1.54) is 0 Å². The van der Waals surface area contributed by atoms with Gasteiger partial charge in [0.15, 0.2) is 5.82 Å². The second-order valence-electron chi connectivity index (χ2n) is 5.93. The van der Waals surface area contributed by atoms with Crippen molar-refractivity contribution in [2.75, 3.05) is 11.9 Å². The Bertz CT molecular complexity index is 722. The Morgan fingerprint density at radius 1 is 1.36 bits per heavy atom. The van der Waals surface area contributed by atoms with Gasteiger partial charge in [0.1, 0.15) is 5.76 Å². The van der Waals surface area contributed by atoms with Gasteiger partial charge in [0.25, 0.3) is 5.91 Å². The highest BCUT2D eigenvalue weighted by molar-refractivity contribution is 5.95. The summed E-state index contributed by atoms with van der Waals surface area (Å²) in [5.41, 5.74) is 0.584. The predicted molar refractivity (Wildman–Crippen MR) is 88.7 cm³/mol. The van der Waals surface area contributed by atoms with Gasteiger partial charge < -0.3 is 19.3 Å². The number of benzene rings is 1. The zero-order valence-electron chi connectivity index (χ0n) is 13.9. The monoisotopic (exact) mass is 344 g/mol. The summed E-state index contributed by atoms with van der Waals surface area (Å²) in [5.74, 6) is -0.104. The number of amides is 1. The zero-order chi connectivity index (χ0) is 17.6. The van der Waals surface area contributed by atoms with Crippen molar-refractivity contribution in [3.63, 3.8) is 0 Å². The quantitative estimate of drug-likeness (QED) is 0.810. The van der Waals surface area contributed by atoms with Gasteiger partial charge in [-0.15, -0.1) is 0 Å². The van der Waals surface area contributed by atoms with E-state index in [4.69, 9.17) is 14.0 Å². The summed E-state index contributed by atoms with van der Waals surface area (Å²) in [4.78, 5) is 24.8. The van der Waals surface area contributed by atoms with Gasteiger partial charge in [-0.3, -0.25) is 9.59 Å². The van der Waals surface area contributed by atoms with E-state index in [0.717, 1.165) is 12.8 Å². The molecule has 0 saturated carbocycles. The molecule has 132 valence electrons. The number of ether oxygens (including phenoxy) is 2. The van der Waals surface area contributed by atoms with E-state index in [9.17, 15) is 9.59 Å². The fourth-order valence-electron chi connectivity index (χ4n) is 2.69. The molecule has 0 spiro atoms. The minimum atomic E-state index is -1.06. The first kappa shape index (κ1) is 17.2. The second-order valence-corrected chi connectivity index (χ2v) is 5.93. The summed E-state index contributed by atoms with van der Waals surface area (Å²) in [7, 11) is 0. The summed E-state index contributed by atoms with van der Waals surface area (Å²) in [6.45, 7) is 2.38. The maximum Gasteiger partial charge on any atom is 0.309 e. The Hall–Kier alpha value is -2.67. The van der Waals surface area contributed by atoms with Gasteiger partial charge in [0, 0.05) is 18.2 Å². The molecule has 7 nitrogen and oxygen atoms in total. The molecule has 0 radical (unpaired) electrons. The molecule has 2 atom stereocenters. The average molecular weight is 344 g/mol. The molecule has 2 aromatic rings. The van der Waals surface area contributed by atoms with E-state index in [2.05, 4.69) is 10.5 Å². The van der Waals surface area contributed by atoms with E-state index in [0.29, 0.717) is 17.9 Å². The van der Waals surface area contributed by atoms with Crippen LogP contribution in [0.3, 0.4) is 0 Å². The molecule has 1 aromatic carbocycles. The summed E-state index contributed by atoms with van der Waals surface area (Å²) < 4.78 is 15.8. The van der Waals surface area contributed by atoms with Gasteiger partial charge in [0.05, 0.1) is 12.5 Å². The van der Waals surface area contributed by atoms with E-state index in [-0.39, 0.29) is 18.3 Å². The van der Waals surface area contributed by atoms with Crippen molar-refractivity contribution >= 4 is 17.7 Å². The van der Waals surface area contributed by atoms with Crippen LogP contribution in [0.4, 0.5) is 5.82 Å². The van der Waals surface area contributed by atoms with Crippen LogP contribution in [0, 0.1) is 6.92 Å². The number of carbonyl (C=O) groups excluding carboxylic acids is 2. The number of nitrogens with one attached hydrogen (secondary N) is 1. The first-order valence-electron chi connectivity index (χ1n) is 8.22. The van der Waals surface area contributed by atoms with Crippen LogP contribution in [-0.2, 0) is 19.1 Å². The number of hydrogen-bond donors (Lipinski definition) is 1. The van der Waals surface area contributed by atoms with E-state index < -0.39 is 18.0 Å². The molecule has 0 unspecified atom stereocenters. The topological polar surface area (TPSA) is 90.7 Å². The molecule has 1 N–H and O–H groups in total. The molecular formula is C18H20N2O5. The maximum absolute atomic E-state index is 12.6. The van der Waals surface area contributed by atoms with Crippen LogP contribution in [0.25, 0.3) is 0 Å². The minimum Gasteiger partial charge on any atom is -0.447 e. The molecule has 3 rings (SSSR count). The molecule has 1 aliphatic rings. The van der Waals surface area contributed by atoms with Gasteiger partial charge in [-0.05, 0) is 19.8 Å². The normalized spacial score (nSPS) is 17.9. The fourth-order valence-corrected chi connectivity index (χ4v) is 2.69. The van der Waals surface area contributed by atoms with E-state index >= 15 is 0 Å². The van der Waals surface area contributed by atoms with Crippen molar-refractivity contribution < 1.29 is 23.6 Å². The van der Waals surface area contributed by atoms with Gasteiger partial charge in [0.2, 0.25) is 6.10 Å². The van der Waals surface area contributed by atoms with Crippen molar-refractivity contribution in [2.45, 2.75) is 38.4 Å². The van der Waals surface area contributed by atoms with Crippen LogP contribution < -0.4 is 5.32 Å². The summed E-state index contributed by atoms with van der Waals surface area (Å²) >= 11 is 0. The Balaban J connectivity index is 1.70. The molecule has 25 heavy (non-hydrogen) atoms. The number of nitrogens with zero attached hydrogens (tertiary/aromatic N) is 1. The second kappa shape index (κ2) is 7.94. The predicted octanol–water partition coefficient (Wildman–Crippen LogP) is 2.78. The standard InChI is InChI=1S/C18H20N2O5/c1-12-10-15(20-25-12)19-18(22)17(13-6-3-2-4-7-13)24-16(21)11-14-8-5-9-23-14/h2-4,6-7,10,14,17H,5,8-9,11H2,1H3,(H,19,20,22)/t14-,17+/m0/s1. The van der Waals surface area contributed by atoms with Gasteiger partial charge in [-0.25, -0.2) is 0 Å². The van der Waals surface area contributed by atoms with Crippen LogP contribution >= 0.6 is 0 Å². The van der Waals surface area contributed by atoms with Crippen molar-refractivity contribution in [1.82, 2.24) is 5.16 Å². The number of anilines is 1. The molecule has 2 heterocycles. The summed E-state index contributed by atoms with van der Waals surface area (Å²) in [6.07, 6.45) is 0.707. The number of aryl methyl sites for hydroxylation is 1. The van der Waals surface area contributed by atoms with Gasteiger partial charge >= 0.3 is 5.97 Å². The number of carbonyl (C=O) groups is 2. The lowest BCUT2D eigenvalue weighted by molar-refractivity contribution is -0.156. The first-order valence-corrected chi connectivity index (χ1v) is 8.22. The fraction of sp³-hybridized carbons (Fsp3) is 0.389. The van der Waals surface area contributed by atoms with E-state index in [1.54, 1.807) is 37.3 Å². The third kappa shape index (κ3) is 4.67. The van der Waals surface area contributed by atoms with Crippen LogP contribution in [0.2, 0.25) is 0 Å². The van der Waals surface area contributed by atoms with Crippen LogP contribution in [0.5, 0.6) is 0 Å². The van der Waals surface area contributed by atoms with Crippen molar-refractivity contribution in [2.24, 2.45) is 0 Å². The molecule has 1 aliphatic heterocycles. The third-order valence-electron chi connectivity index (χ3n) is 3.89. The maximum atomic E-state index is 12.6. The van der Waals surface area contributed by atoms with Crippen molar-refractivity contribution in [3.05, 3.63) is 47.7 Å². The molecule has 7 heteroatoms. The Morgan fingerprint density at radius 3 is 2.80 bits per heavy atom. The molecular weight excluding hydrogens is 324 g/mol. The lowest BCUT2D eigenvalue weighted by Gasteiger charge is -2.18. The third-order valence-corrected chi connectivity index (χ3v) is 3.89. The van der Waals surface area contributed by atoms with Crippen LogP contribution in [0.1, 0.15) is 36.7 Å². The number of hydrogen-bond acceptors (Lipinski definition) is 6. The highest BCUT2D eigenvalue weighted by Gasteiger charge is 2.28. The van der Waals surface area contributed by atoms with Crippen molar-refractivity contribution in [1.29, 1.82) is 0 Å². The molecule has 1 saturated heterocycles. The highest BCUT2D eigenvalue weighted by Crippen LogP contribution is 2.23. The minimum absolute atomic E-state index is 0.134. The van der Waals surface area contributed by atoms with E-state index in [1.807, 2.05) is 6.07 Å². The molecule has 1 amide bonds. The number of rotatable bonds is 6. The zero-order valence-corrected chi connectivity index (χ0v) is 13.9. The van der Waals surface area contributed by atoms with Gasteiger partial charge in [-0.1, -0.05) is 35.5 Å². The number of aromatic nitrogens is 1. The average Bonchev–Trinajstić information content (AvgIpc) is 3.25. The highest BCUT2D eigenvalue weighted by atomic mass is 16.6. The Labute approximate surface area is 145 Å². The van der Waals surface area contributed by atoms with Gasteiger partial charge in [-0.2, -0.15) is 0 Å². The Kier molecular flexibility index (Phi) is 5.45. The van der Waals surface area contributed by atoms with Crippen LogP contribution in [-0.4, -0.2) is 29.7 Å². The van der Waals surface area contributed by atoms with Crippen molar-refractivity contribution in [3.8, 4) is 0 Å². The molecule has 0 aliphatic carbocycles. The summed E-state index contributed by atoms with van der Waals surface area (Å²) in [6, 6.07) is 10.4. The first-order chi connectivity index (χ1) is 12.1. The van der Waals surface area contributed by atoms with Crippen LogP contribution in [0.15, 0.2) is 40.9 Å². The molecule has 0 bridgehead atoms. The SMILES string of the molecule is Cc1cc(NC(=O)[C@H](OC(=O)C[C@@H]2CCCO2)c2ccccc2)no1. The smallest absolute Gasteiger partial charge is 0.309 e. The lowest BCUT2D eigenvalue weighted by Crippen LogP contribution is -2.27. The lowest BCUT2D eigenvalue weighted by atomic mass is 10.1.